The number of nitrogens with one attached hydrogen (secondary N) is 1. The molecular weight excluding hydrogens is 380 g/mol. The summed E-state index contributed by atoms with van der Waals surface area (Å²) >= 11 is 0. The monoisotopic (exact) mass is 406 g/mol. The van der Waals surface area contributed by atoms with E-state index in [0.29, 0.717) is 12.5 Å². The van der Waals surface area contributed by atoms with Crippen LogP contribution in [0, 0.1) is 5.92 Å². The third kappa shape index (κ3) is 4.30. The molecule has 1 amide bonds. The van der Waals surface area contributed by atoms with Gasteiger partial charge in [0.1, 0.15) is 5.75 Å². The molecule has 1 aromatic heterocycles. The summed E-state index contributed by atoms with van der Waals surface area (Å²) in [6.07, 6.45) is 1.50. The molecule has 1 saturated heterocycles. The average Bonchev–Trinajstić information content (AvgIpc) is 2.79. The summed E-state index contributed by atoms with van der Waals surface area (Å²) in [6.45, 7) is 4.02. The van der Waals surface area contributed by atoms with Gasteiger partial charge in [0.2, 0.25) is 5.91 Å². The molecule has 0 spiro atoms. The number of aromatic nitrogens is 2. The Balaban J connectivity index is 1.40. The lowest BCUT2D eigenvalue weighted by Crippen LogP contribution is -2.38. The van der Waals surface area contributed by atoms with Gasteiger partial charge in [-0.25, -0.2) is 9.97 Å². The molecule has 1 fully saturated rings. The van der Waals surface area contributed by atoms with Gasteiger partial charge in [0.05, 0.1) is 24.8 Å². The Kier molecular flexibility index (Phi) is 5.97. The first-order valence-corrected chi connectivity index (χ1v) is 10.3. The molecule has 0 bridgehead atoms. The minimum absolute atomic E-state index is 0.0350. The molecule has 0 aliphatic carbocycles. The summed E-state index contributed by atoms with van der Waals surface area (Å²) in [5.41, 5.74) is 2.43. The van der Waals surface area contributed by atoms with Crippen molar-refractivity contribution in [2.45, 2.75) is 19.8 Å². The molecular formula is C23H26N4O3. The van der Waals surface area contributed by atoms with Crippen molar-refractivity contribution in [2.24, 2.45) is 5.92 Å². The number of anilines is 2. The Morgan fingerprint density at radius 3 is 2.37 bits per heavy atom. The number of methoxy groups -OCH3 is 1. The van der Waals surface area contributed by atoms with Gasteiger partial charge in [0.15, 0.2) is 5.82 Å². The van der Waals surface area contributed by atoms with Crippen LogP contribution in [0.1, 0.15) is 19.8 Å². The molecule has 1 aliphatic rings. The minimum atomic E-state index is -0.0350. The van der Waals surface area contributed by atoms with Crippen LogP contribution in [0.3, 0.4) is 0 Å². The second kappa shape index (κ2) is 8.98. The highest BCUT2D eigenvalue weighted by Gasteiger charge is 2.27. The Morgan fingerprint density at radius 2 is 1.73 bits per heavy atom. The number of nitrogens with zero attached hydrogens (tertiary/aromatic N) is 3. The van der Waals surface area contributed by atoms with Gasteiger partial charge in [-0.2, -0.15) is 0 Å². The van der Waals surface area contributed by atoms with E-state index in [4.69, 9.17) is 14.5 Å². The van der Waals surface area contributed by atoms with E-state index in [0.717, 1.165) is 54.2 Å². The molecule has 7 heteroatoms. The van der Waals surface area contributed by atoms with Crippen molar-refractivity contribution in [2.75, 3.05) is 37.0 Å². The number of hydrogen-bond acceptors (Lipinski definition) is 6. The molecule has 4 rings (SSSR count). The van der Waals surface area contributed by atoms with Gasteiger partial charge >= 0.3 is 0 Å². The Morgan fingerprint density at radius 1 is 1.07 bits per heavy atom. The van der Waals surface area contributed by atoms with Gasteiger partial charge in [0.25, 0.3) is 5.88 Å². The van der Waals surface area contributed by atoms with E-state index in [1.54, 1.807) is 7.11 Å². The molecule has 1 aliphatic heterocycles. The zero-order chi connectivity index (χ0) is 20.9. The fraction of sp³-hybridized carbons (Fsp3) is 0.348. The van der Waals surface area contributed by atoms with E-state index in [1.807, 2.05) is 55.5 Å². The molecule has 0 radical (unpaired) electrons. The molecule has 0 unspecified atom stereocenters. The molecule has 30 heavy (non-hydrogen) atoms. The largest absolute Gasteiger partial charge is 0.494 e. The van der Waals surface area contributed by atoms with Gasteiger partial charge < -0.3 is 19.7 Å². The van der Waals surface area contributed by atoms with Crippen LogP contribution in [0.4, 0.5) is 11.5 Å². The van der Waals surface area contributed by atoms with Gasteiger partial charge in [-0.15, -0.1) is 0 Å². The first-order valence-electron chi connectivity index (χ1n) is 10.3. The number of hydrogen-bond donors (Lipinski definition) is 1. The van der Waals surface area contributed by atoms with E-state index >= 15 is 0 Å². The Labute approximate surface area is 176 Å². The molecule has 156 valence electrons. The lowest BCUT2D eigenvalue weighted by Gasteiger charge is -2.32. The highest BCUT2D eigenvalue weighted by Crippen LogP contribution is 2.30. The van der Waals surface area contributed by atoms with E-state index in [2.05, 4.69) is 15.2 Å². The van der Waals surface area contributed by atoms with Crippen LogP contribution >= 0.6 is 0 Å². The summed E-state index contributed by atoms with van der Waals surface area (Å²) in [5.74, 6) is 2.07. The summed E-state index contributed by atoms with van der Waals surface area (Å²) in [6, 6.07) is 15.2. The quantitative estimate of drug-likeness (QED) is 0.669. The summed E-state index contributed by atoms with van der Waals surface area (Å²) in [4.78, 5) is 24.2. The highest BCUT2D eigenvalue weighted by atomic mass is 16.5. The zero-order valence-corrected chi connectivity index (χ0v) is 17.3. The SMILES string of the molecule is CCOc1ccc(NC(=O)C2CCN(c3nc4ccccc4nc3OC)CC2)cc1. The number of para-hydroxylation sites is 2. The molecule has 2 heterocycles. The third-order valence-corrected chi connectivity index (χ3v) is 5.31. The maximum absolute atomic E-state index is 12.7. The summed E-state index contributed by atoms with van der Waals surface area (Å²) < 4.78 is 10.9. The second-order valence-electron chi connectivity index (χ2n) is 7.25. The van der Waals surface area contributed by atoms with Crippen molar-refractivity contribution in [1.29, 1.82) is 0 Å². The fourth-order valence-electron chi connectivity index (χ4n) is 3.72. The number of carbonyl (C=O) groups is 1. The Hall–Kier alpha value is -3.35. The fourth-order valence-corrected chi connectivity index (χ4v) is 3.72. The van der Waals surface area contributed by atoms with Gasteiger partial charge in [-0.1, -0.05) is 12.1 Å². The molecule has 2 aromatic carbocycles. The number of amides is 1. The maximum atomic E-state index is 12.7. The highest BCUT2D eigenvalue weighted by molar-refractivity contribution is 5.92. The second-order valence-corrected chi connectivity index (χ2v) is 7.25. The topological polar surface area (TPSA) is 76.6 Å². The van der Waals surface area contributed by atoms with Crippen molar-refractivity contribution in [3.63, 3.8) is 0 Å². The number of rotatable bonds is 6. The number of piperidine rings is 1. The Bertz CT molecular complexity index is 1010. The van der Waals surface area contributed by atoms with Crippen LogP contribution in [0.25, 0.3) is 11.0 Å². The van der Waals surface area contributed by atoms with Gasteiger partial charge in [-0.05, 0) is 56.2 Å². The molecule has 1 N–H and O–H groups in total. The van der Waals surface area contributed by atoms with E-state index in [9.17, 15) is 4.79 Å². The van der Waals surface area contributed by atoms with Crippen molar-refractivity contribution >= 4 is 28.4 Å². The number of ether oxygens (including phenoxy) is 2. The standard InChI is InChI=1S/C23H26N4O3/c1-3-30-18-10-8-17(9-11-18)24-22(28)16-12-14-27(15-13-16)21-23(29-2)26-20-7-5-4-6-19(20)25-21/h4-11,16H,3,12-15H2,1-2H3,(H,24,28). The molecule has 0 atom stereocenters. The van der Waals surface area contributed by atoms with Gasteiger partial charge in [0, 0.05) is 24.7 Å². The number of benzene rings is 2. The lowest BCUT2D eigenvalue weighted by molar-refractivity contribution is -0.120. The van der Waals surface area contributed by atoms with Crippen molar-refractivity contribution in [3.8, 4) is 11.6 Å². The van der Waals surface area contributed by atoms with Crippen molar-refractivity contribution in [3.05, 3.63) is 48.5 Å². The normalized spacial score (nSPS) is 14.5. The van der Waals surface area contributed by atoms with Crippen LogP contribution in [-0.4, -0.2) is 42.7 Å². The van der Waals surface area contributed by atoms with Crippen LogP contribution in [0.15, 0.2) is 48.5 Å². The van der Waals surface area contributed by atoms with Crippen molar-refractivity contribution < 1.29 is 14.3 Å². The van der Waals surface area contributed by atoms with E-state index in [-0.39, 0.29) is 11.8 Å². The zero-order valence-electron chi connectivity index (χ0n) is 17.3. The first kappa shape index (κ1) is 19.9. The van der Waals surface area contributed by atoms with Crippen LogP contribution < -0.4 is 19.7 Å². The predicted molar refractivity (Wildman–Crippen MR) is 117 cm³/mol. The first-order chi connectivity index (χ1) is 14.7. The van der Waals surface area contributed by atoms with Crippen LogP contribution in [0.2, 0.25) is 0 Å². The molecule has 0 saturated carbocycles. The average molecular weight is 406 g/mol. The van der Waals surface area contributed by atoms with E-state index in [1.165, 1.54) is 0 Å². The minimum Gasteiger partial charge on any atom is -0.494 e. The molecule has 3 aromatic rings. The number of fused-ring (bicyclic) bond motifs is 1. The van der Waals surface area contributed by atoms with E-state index < -0.39 is 0 Å². The van der Waals surface area contributed by atoms with Crippen molar-refractivity contribution in [1.82, 2.24) is 9.97 Å². The third-order valence-electron chi connectivity index (χ3n) is 5.31. The van der Waals surface area contributed by atoms with Gasteiger partial charge in [-0.3, -0.25) is 4.79 Å². The summed E-state index contributed by atoms with van der Waals surface area (Å²) in [5, 5.41) is 3.02. The number of carbonyl (C=O) groups excluding carboxylic acids is 1. The summed E-state index contributed by atoms with van der Waals surface area (Å²) in [7, 11) is 1.61. The molecule has 7 nitrogen and oxygen atoms in total. The van der Waals surface area contributed by atoms with Crippen LogP contribution in [-0.2, 0) is 4.79 Å². The maximum Gasteiger partial charge on any atom is 0.257 e. The smallest absolute Gasteiger partial charge is 0.257 e. The predicted octanol–water partition coefficient (Wildman–Crippen LogP) is 3.89. The van der Waals surface area contributed by atoms with Crippen LogP contribution in [0.5, 0.6) is 11.6 Å². The lowest BCUT2D eigenvalue weighted by atomic mass is 9.96.